The number of ether oxygens (including phenoxy) is 4. The minimum absolute atomic E-state index is 2.46. The van der Waals surface area contributed by atoms with Crippen molar-refractivity contribution in [2.45, 2.75) is 30.2 Å². The molecule has 0 amide bonds. The normalized spacial score (nSPS) is 29.2. The molecule has 0 aromatic carbocycles. The highest BCUT2D eigenvalue weighted by Gasteiger charge is 2.89. The van der Waals surface area contributed by atoms with Crippen molar-refractivity contribution in [3.63, 3.8) is 0 Å². The van der Waals surface area contributed by atoms with Crippen molar-refractivity contribution in [1.29, 1.82) is 0 Å². The Morgan fingerprint density at radius 2 is 1.05 bits per heavy atom. The fraction of sp³-hybridized carbons (Fsp3) is 0.714. The lowest BCUT2D eigenvalue weighted by Crippen LogP contribution is -2.74. The van der Waals surface area contributed by atoms with Gasteiger partial charge in [0.15, 0.2) is 0 Å². The van der Waals surface area contributed by atoms with Gasteiger partial charge in [-0.3, -0.25) is 0 Å². The van der Waals surface area contributed by atoms with Crippen molar-refractivity contribution in [2.24, 2.45) is 0 Å². The molecule has 1 fully saturated rings. The number of hydrogen-bond donors (Lipinski definition) is 0. The van der Waals surface area contributed by atoms with Crippen LogP contribution in [0.15, 0.2) is 12.0 Å². The van der Waals surface area contributed by atoms with Gasteiger partial charge in [0.25, 0.3) is 0 Å². The minimum atomic E-state index is -6.50. The largest absolute Gasteiger partial charge is 0.478 e. The van der Waals surface area contributed by atoms with E-state index in [4.69, 9.17) is 0 Å². The Labute approximate surface area is 106 Å². The summed E-state index contributed by atoms with van der Waals surface area (Å²) in [7, 11) is 0. The second-order valence-electron chi connectivity index (χ2n) is 3.64. The summed E-state index contributed by atoms with van der Waals surface area (Å²) in [5, 5.41) is 0. The Balaban J connectivity index is 2.50. The monoisotopic (exact) mass is 338 g/mol. The maximum Gasteiger partial charge on any atom is 0.478 e. The lowest BCUT2D eigenvalue weighted by Gasteiger charge is -2.46. The Kier molecular flexibility index (Phi) is 2.92. The third-order valence-corrected chi connectivity index (χ3v) is 2.25. The van der Waals surface area contributed by atoms with E-state index in [1.165, 1.54) is 0 Å². The number of rotatable bonds is 0. The van der Waals surface area contributed by atoms with Gasteiger partial charge < -0.3 is 9.47 Å². The molecule has 21 heavy (non-hydrogen) atoms. The van der Waals surface area contributed by atoms with Crippen LogP contribution in [0.25, 0.3) is 0 Å². The third-order valence-electron chi connectivity index (χ3n) is 2.25. The molecule has 2 heterocycles. The minimum Gasteiger partial charge on any atom is -0.408 e. The SMILES string of the molecule is FC1=C(F)OC2(O1)C(F)(F)OC(F)(C(F)(F)F)OC2(F)F. The molecule has 0 atom stereocenters. The zero-order valence-corrected chi connectivity index (χ0v) is 8.91. The molecule has 122 valence electrons. The van der Waals surface area contributed by atoms with Crippen LogP contribution in [0.2, 0.25) is 0 Å². The summed E-state index contributed by atoms with van der Waals surface area (Å²) >= 11 is 0. The van der Waals surface area contributed by atoms with Crippen molar-refractivity contribution in [3.05, 3.63) is 12.0 Å². The van der Waals surface area contributed by atoms with E-state index in [0.717, 1.165) is 0 Å². The van der Waals surface area contributed by atoms with E-state index in [9.17, 15) is 43.9 Å². The van der Waals surface area contributed by atoms with Gasteiger partial charge in [0.1, 0.15) is 0 Å². The fourth-order valence-corrected chi connectivity index (χ4v) is 1.36. The molecule has 4 nitrogen and oxygen atoms in total. The highest BCUT2D eigenvalue weighted by atomic mass is 19.4. The topological polar surface area (TPSA) is 36.9 Å². The van der Waals surface area contributed by atoms with Gasteiger partial charge >= 0.3 is 42.2 Å². The van der Waals surface area contributed by atoms with E-state index in [1.807, 2.05) is 0 Å². The number of hydrogen-bond acceptors (Lipinski definition) is 4. The van der Waals surface area contributed by atoms with E-state index in [-0.39, 0.29) is 0 Å². The number of alkyl halides is 8. The van der Waals surface area contributed by atoms with Crippen LogP contribution in [0.4, 0.5) is 43.9 Å². The second kappa shape index (κ2) is 3.85. The van der Waals surface area contributed by atoms with Crippen LogP contribution in [0.1, 0.15) is 0 Å². The van der Waals surface area contributed by atoms with Gasteiger partial charge in [0.05, 0.1) is 0 Å². The first-order valence-electron chi connectivity index (χ1n) is 4.52. The molecule has 0 unspecified atom stereocenters. The molecule has 1 spiro atoms. The highest BCUT2D eigenvalue weighted by Crippen LogP contribution is 2.60. The average molecular weight is 338 g/mol. The second-order valence-corrected chi connectivity index (χ2v) is 3.64. The zero-order chi connectivity index (χ0) is 16.5. The van der Waals surface area contributed by atoms with Gasteiger partial charge in [-0.25, -0.2) is 9.47 Å². The maximum absolute atomic E-state index is 13.3. The van der Waals surface area contributed by atoms with Gasteiger partial charge in [-0.15, -0.1) is 0 Å². The molecule has 0 saturated carbocycles. The number of halogens is 10. The van der Waals surface area contributed by atoms with Crippen LogP contribution >= 0.6 is 0 Å². The average Bonchev–Trinajstić information content (AvgIpc) is 2.52. The standard InChI is InChI=1S/C7F10O4/c8-1-2(9)19-3(18-1)5(13,14)20-7(17,4(10,11)12)21-6(3,15)16. The molecule has 1 saturated heterocycles. The van der Waals surface area contributed by atoms with Gasteiger partial charge in [-0.2, -0.15) is 43.9 Å². The fourth-order valence-electron chi connectivity index (χ4n) is 1.36. The van der Waals surface area contributed by atoms with Crippen molar-refractivity contribution >= 4 is 0 Å². The molecular formula is C7F10O4. The van der Waals surface area contributed by atoms with Crippen LogP contribution in [0.3, 0.4) is 0 Å². The summed E-state index contributed by atoms with van der Waals surface area (Å²) < 4.78 is 139. The molecule has 2 rings (SSSR count). The van der Waals surface area contributed by atoms with Crippen molar-refractivity contribution in [1.82, 2.24) is 0 Å². The maximum atomic E-state index is 13.3. The molecule has 0 aromatic heterocycles. The van der Waals surface area contributed by atoms with Crippen LogP contribution in [-0.2, 0) is 18.9 Å². The van der Waals surface area contributed by atoms with Crippen molar-refractivity contribution < 1.29 is 62.9 Å². The van der Waals surface area contributed by atoms with Crippen LogP contribution in [-0.4, -0.2) is 30.2 Å². The Morgan fingerprint density at radius 1 is 0.714 bits per heavy atom. The predicted octanol–water partition coefficient (Wildman–Crippen LogP) is 3.21. The summed E-state index contributed by atoms with van der Waals surface area (Å²) in [4.78, 5) is 0. The van der Waals surface area contributed by atoms with Crippen LogP contribution in [0.5, 0.6) is 0 Å². The Hall–Kier alpha value is -1.44. The van der Waals surface area contributed by atoms with Crippen molar-refractivity contribution in [2.75, 3.05) is 0 Å². The summed E-state index contributed by atoms with van der Waals surface area (Å²) in [6.45, 7) is 0. The van der Waals surface area contributed by atoms with Gasteiger partial charge in [0.2, 0.25) is 0 Å². The van der Waals surface area contributed by atoms with Gasteiger partial charge in [0, 0.05) is 0 Å². The molecular weight excluding hydrogens is 338 g/mol. The van der Waals surface area contributed by atoms with Gasteiger partial charge in [-0.1, -0.05) is 0 Å². The van der Waals surface area contributed by atoms with E-state index in [0.29, 0.717) is 0 Å². The molecule has 0 aromatic rings. The van der Waals surface area contributed by atoms with E-state index in [2.05, 4.69) is 18.9 Å². The lowest BCUT2D eigenvalue weighted by molar-refractivity contribution is -0.636. The van der Waals surface area contributed by atoms with E-state index in [1.54, 1.807) is 0 Å². The first kappa shape index (κ1) is 15.9. The summed E-state index contributed by atoms with van der Waals surface area (Å²) in [6.07, 6.45) is -18.5. The summed E-state index contributed by atoms with van der Waals surface area (Å²) in [5.74, 6) is -5.14. The summed E-state index contributed by atoms with van der Waals surface area (Å²) in [6, 6.07) is -11.5. The third kappa shape index (κ3) is 1.91. The van der Waals surface area contributed by atoms with Gasteiger partial charge in [-0.05, 0) is 0 Å². The van der Waals surface area contributed by atoms with Crippen LogP contribution < -0.4 is 0 Å². The molecule has 14 heteroatoms. The zero-order valence-electron chi connectivity index (χ0n) is 8.91. The first-order chi connectivity index (χ1) is 9.18. The predicted molar refractivity (Wildman–Crippen MR) is 36.1 cm³/mol. The van der Waals surface area contributed by atoms with E-state index < -0.39 is 42.2 Å². The van der Waals surface area contributed by atoms with E-state index >= 15 is 0 Å². The molecule has 2 aliphatic heterocycles. The highest BCUT2D eigenvalue weighted by molar-refractivity contribution is 5.06. The molecule has 0 bridgehead atoms. The Bertz CT molecular complexity index is 462. The molecule has 0 aliphatic carbocycles. The van der Waals surface area contributed by atoms with Crippen LogP contribution in [0, 0.1) is 0 Å². The molecule has 2 aliphatic rings. The molecule has 0 radical (unpaired) electrons. The quantitative estimate of drug-likeness (QED) is 0.636. The lowest BCUT2D eigenvalue weighted by atomic mass is 10.2. The Morgan fingerprint density at radius 3 is 1.33 bits per heavy atom. The summed E-state index contributed by atoms with van der Waals surface area (Å²) in [5.41, 5.74) is 0. The first-order valence-corrected chi connectivity index (χ1v) is 4.52. The van der Waals surface area contributed by atoms with Crippen molar-refractivity contribution in [3.8, 4) is 0 Å². The smallest absolute Gasteiger partial charge is 0.408 e. The molecule has 0 N–H and O–H groups in total.